The zero-order chi connectivity index (χ0) is 23.8. The maximum absolute atomic E-state index is 14.6. The van der Waals surface area contributed by atoms with Crippen molar-refractivity contribution in [3.63, 3.8) is 0 Å². The first-order chi connectivity index (χ1) is 15.7. The third kappa shape index (κ3) is 5.49. The van der Waals surface area contributed by atoms with Gasteiger partial charge in [-0.2, -0.15) is 0 Å². The minimum absolute atomic E-state index is 0.136. The summed E-state index contributed by atoms with van der Waals surface area (Å²) in [6.45, 7) is 6.66. The molecule has 1 aromatic carbocycles. The van der Waals surface area contributed by atoms with E-state index >= 15 is 0 Å². The number of carbonyl (C=O) groups excluding carboxylic acids is 1. The molecular formula is C25H31F3N4O. The van der Waals surface area contributed by atoms with Crippen LogP contribution in [0.3, 0.4) is 0 Å². The van der Waals surface area contributed by atoms with Crippen LogP contribution in [0.4, 0.5) is 18.9 Å². The van der Waals surface area contributed by atoms with Crippen molar-refractivity contribution in [2.24, 2.45) is 5.41 Å². The number of benzene rings is 1. The number of likely N-dealkylation sites (N-methyl/N-ethyl adjacent to an activating group) is 1. The number of halogens is 3. The van der Waals surface area contributed by atoms with E-state index < -0.39 is 23.8 Å². The molecule has 178 valence electrons. The van der Waals surface area contributed by atoms with Gasteiger partial charge in [0.2, 0.25) is 5.91 Å². The van der Waals surface area contributed by atoms with Crippen molar-refractivity contribution in [3.05, 3.63) is 58.7 Å². The summed E-state index contributed by atoms with van der Waals surface area (Å²) in [5.41, 5.74) is 2.35. The van der Waals surface area contributed by atoms with Gasteiger partial charge >= 0.3 is 0 Å². The molecule has 2 heterocycles. The molecule has 1 aliphatic carbocycles. The minimum atomic E-state index is -2.85. The Hall–Kier alpha value is -2.61. The highest BCUT2D eigenvalue weighted by atomic mass is 19.3. The van der Waals surface area contributed by atoms with Crippen molar-refractivity contribution in [2.75, 3.05) is 38.5 Å². The molecule has 2 aliphatic rings. The molecule has 1 amide bonds. The molecule has 1 saturated carbocycles. The lowest BCUT2D eigenvalue weighted by atomic mass is 9.97. The van der Waals surface area contributed by atoms with Gasteiger partial charge < -0.3 is 10.2 Å². The molecular weight excluding hydrogens is 429 g/mol. The van der Waals surface area contributed by atoms with Crippen LogP contribution in [0.5, 0.6) is 0 Å². The summed E-state index contributed by atoms with van der Waals surface area (Å²) < 4.78 is 40.7. The van der Waals surface area contributed by atoms with Crippen LogP contribution in [0, 0.1) is 18.2 Å². The van der Waals surface area contributed by atoms with E-state index in [1.807, 2.05) is 26.1 Å². The summed E-state index contributed by atoms with van der Waals surface area (Å²) >= 11 is 0. The van der Waals surface area contributed by atoms with Crippen molar-refractivity contribution < 1.29 is 18.0 Å². The first-order valence-electron chi connectivity index (χ1n) is 11.4. The fourth-order valence-electron chi connectivity index (χ4n) is 4.68. The van der Waals surface area contributed by atoms with Crippen molar-refractivity contribution in [1.82, 2.24) is 14.8 Å². The fourth-order valence-corrected chi connectivity index (χ4v) is 4.68. The van der Waals surface area contributed by atoms with Crippen LogP contribution in [0.25, 0.3) is 0 Å². The van der Waals surface area contributed by atoms with Gasteiger partial charge in [-0.3, -0.25) is 14.7 Å². The number of nitrogens with one attached hydrogen (secondary N) is 1. The van der Waals surface area contributed by atoms with Crippen LogP contribution < -0.4 is 5.32 Å². The van der Waals surface area contributed by atoms with Crippen molar-refractivity contribution in [3.8, 4) is 0 Å². The molecule has 0 radical (unpaired) electrons. The lowest BCUT2D eigenvalue weighted by Crippen LogP contribution is -2.50. The van der Waals surface area contributed by atoms with Crippen LogP contribution in [0.1, 0.15) is 54.7 Å². The number of rotatable bonds is 8. The Labute approximate surface area is 193 Å². The monoisotopic (exact) mass is 460 g/mol. The van der Waals surface area contributed by atoms with Gasteiger partial charge in [0, 0.05) is 49.3 Å². The van der Waals surface area contributed by atoms with Crippen LogP contribution in [0.15, 0.2) is 30.3 Å². The molecule has 2 fully saturated rings. The smallest absolute Gasteiger partial charge is 0.266 e. The highest BCUT2D eigenvalue weighted by Gasteiger charge is 2.45. The van der Waals surface area contributed by atoms with Crippen molar-refractivity contribution in [1.29, 1.82) is 0 Å². The number of carbonyl (C=O) groups is 1. The van der Waals surface area contributed by atoms with Crippen LogP contribution in [-0.2, 0) is 11.2 Å². The zero-order valence-corrected chi connectivity index (χ0v) is 19.4. The molecule has 1 saturated heterocycles. The summed E-state index contributed by atoms with van der Waals surface area (Å²) in [7, 11) is 1.84. The highest BCUT2D eigenvalue weighted by Crippen LogP contribution is 2.49. The molecule has 5 nitrogen and oxygen atoms in total. The normalized spacial score (nSPS) is 19.1. The number of piperazine rings is 1. The van der Waals surface area contributed by atoms with E-state index in [1.54, 1.807) is 11.8 Å². The summed E-state index contributed by atoms with van der Waals surface area (Å²) in [6, 6.07) is 7.48. The molecule has 0 bridgehead atoms. The molecule has 1 N–H and O–H groups in total. The Bertz CT molecular complexity index is 1020. The SMILES string of the molecule is Cc1cc(N[C@H](C)c2cccc(C(F)F)c2F)cc(CC2(CN3CCN(C)C(=O)C3)CC2)n1. The molecule has 8 heteroatoms. The van der Waals surface area contributed by atoms with Crippen LogP contribution in [0.2, 0.25) is 0 Å². The second-order valence-corrected chi connectivity index (χ2v) is 9.61. The maximum atomic E-state index is 14.6. The third-order valence-corrected chi connectivity index (χ3v) is 6.76. The van der Waals surface area contributed by atoms with Crippen LogP contribution in [-0.4, -0.2) is 53.9 Å². The quantitative estimate of drug-likeness (QED) is 0.619. The van der Waals surface area contributed by atoms with Gasteiger partial charge in [-0.25, -0.2) is 13.2 Å². The second-order valence-electron chi connectivity index (χ2n) is 9.61. The standard InChI is InChI=1S/C25H31F3N4O/c1-16-11-18(30-17(2)20-5-4-6-21(23(20)26)24(27)28)12-19(29-16)13-25(7-8-25)15-32-10-9-31(3)22(33)14-32/h4-6,11-12,17,24H,7-10,13-15H2,1-3H3,(H,29,30)/t17-/m1/s1. The Morgan fingerprint density at radius 3 is 2.58 bits per heavy atom. The third-order valence-electron chi connectivity index (χ3n) is 6.76. The average molecular weight is 461 g/mol. The first-order valence-corrected chi connectivity index (χ1v) is 11.4. The number of aromatic nitrogens is 1. The van der Waals surface area contributed by atoms with Crippen molar-refractivity contribution >= 4 is 11.6 Å². The summed E-state index contributed by atoms with van der Waals surface area (Å²) in [5, 5.41) is 3.26. The van der Waals surface area contributed by atoms with Gasteiger partial charge in [0.15, 0.2) is 0 Å². The molecule has 1 aliphatic heterocycles. The number of nitrogens with zero attached hydrogens (tertiary/aromatic N) is 3. The van der Waals surface area contributed by atoms with Gasteiger partial charge in [-0.1, -0.05) is 18.2 Å². The Kier molecular flexibility index (Phi) is 6.66. The molecule has 1 atom stereocenters. The first kappa shape index (κ1) is 23.5. The molecule has 0 spiro atoms. The van der Waals surface area contributed by atoms with Crippen molar-refractivity contribution in [2.45, 2.75) is 45.6 Å². The molecule has 1 aromatic heterocycles. The van der Waals surface area contributed by atoms with Gasteiger partial charge in [0.1, 0.15) is 5.82 Å². The number of hydrogen-bond donors (Lipinski definition) is 1. The number of amides is 1. The topological polar surface area (TPSA) is 48.5 Å². The van der Waals surface area contributed by atoms with E-state index in [4.69, 9.17) is 4.98 Å². The lowest BCUT2D eigenvalue weighted by molar-refractivity contribution is -0.134. The number of anilines is 1. The Morgan fingerprint density at radius 1 is 1.18 bits per heavy atom. The maximum Gasteiger partial charge on any atom is 0.266 e. The minimum Gasteiger partial charge on any atom is -0.378 e. The van der Waals surface area contributed by atoms with Gasteiger partial charge in [-0.15, -0.1) is 0 Å². The van der Waals surface area contributed by atoms with E-state index in [2.05, 4.69) is 10.2 Å². The second kappa shape index (κ2) is 9.33. The number of aryl methyl sites for hydroxylation is 1. The Morgan fingerprint density at radius 2 is 1.91 bits per heavy atom. The Balaban J connectivity index is 1.45. The number of hydrogen-bond acceptors (Lipinski definition) is 4. The highest BCUT2D eigenvalue weighted by molar-refractivity contribution is 5.78. The molecule has 0 unspecified atom stereocenters. The molecule has 4 rings (SSSR count). The van der Waals surface area contributed by atoms with E-state index in [9.17, 15) is 18.0 Å². The number of pyridine rings is 1. The lowest BCUT2D eigenvalue weighted by Gasteiger charge is -2.34. The van der Waals surface area contributed by atoms with E-state index in [0.29, 0.717) is 6.54 Å². The van der Waals surface area contributed by atoms with E-state index in [-0.39, 0.29) is 16.9 Å². The predicted octanol–water partition coefficient (Wildman–Crippen LogP) is 4.74. The summed E-state index contributed by atoms with van der Waals surface area (Å²) in [4.78, 5) is 20.8. The fraction of sp³-hybridized carbons (Fsp3) is 0.520. The van der Waals surface area contributed by atoms with E-state index in [0.717, 1.165) is 62.0 Å². The van der Waals surface area contributed by atoms with E-state index in [1.165, 1.54) is 12.1 Å². The summed E-state index contributed by atoms with van der Waals surface area (Å²) in [6.07, 6.45) is 0.173. The predicted molar refractivity (Wildman–Crippen MR) is 122 cm³/mol. The van der Waals surface area contributed by atoms with Gasteiger partial charge in [0.25, 0.3) is 6.43 Å². The molecule has 2 aromatic rings. The van der Waals surface area contributed by atoms with Crippen LogP contribution >= 0.6 is 0 Å². The van der Waals surface area contributed by atoms with Gasteiger partial charge in [0.05, 0.1) is 18.2 Å². The zero-order valence-electron chi connectivity index (χ0n) is 19.4. The summed E-state index contributed by atoms with van der Waals surface area (Å²) in [5.74, 6) is -0.702. The van der Waals surface area contributed by atoms with Gasteiger partial charge in [-0.05, 0) is 50.7 Å². The number of alkyl halides is 2. The average Bonchev–Trinajstić information content (AvgIpc) is 3.48. The molecule has 33 heavy (non-hydrogen) atoms. The largest absolute Gasteiger partial charge is 0.378 e.